The molecule has 0 saturated heterocycles. The molecule has 0 fully saturated rings. The monoisotopic (exact) mass is 392 g/mol. The largest absolute Gasteiger partial charge is 0.328 e. The molecule has 0 amide bonds. The molecule has 2 N–H and O–H groups in total. The van der Waals surface area contributed by atoms with Gasteiger partial charge in [-0.2, -0.15) is 0 Å². The summed E-state index contributed by atoms with van der Waals surface area (Å²) in [5.74, 6) is 0.423. The Labute approximate surface area is 156 Å². The molecule has 0 aliphatic heterocycles. The number of nitrogens with one attached hydrogen (secondary N) is 2. The maximum atomic E-state index is 11.2. The molecule has 0 radical (unpaired) electrons. The summed E-state index contributed by atoms with van der Waals surface area (Å²) in [7, 11) is -3.23. The van der Waals surface area contributed by atoms with Crippen LogP contribution in [0.25, 0.3) is 11.4 Å². The number of rotatable bonds is 7. The first-order valence-corrected chi connectivity index (χ1v) is 9.98. The van der Waals surface area contributed by atoms with Gasteiger partial charge in [-0.05, 0) is 24.3 Å². The van der Waals surface area contributed by atoms with E-state index in [0.29, 0.717) is 23.2 Å². The molecule has 0 aliphatic rings. The lowest BCUT2D eigenvalue weighted by Crippen LogP contribution is -2.26. The molecule has 0 bridgehead atoms. The number of anilines is 2. The zero-order valence-corrected chi connectivity index (χ0v) is 15.5. The fourth-order valence-corrected chi connectivity index (χ4v) is 2.97. The number of halogens is 1. The zero-order chi connectivity index (χ0) is 18.6. The van der Waals surface area contributed by atoms with Crippen LogP contribution < -0.4 is 10.0 Å². The maximum absolute atomic E-state index is 11.2. The number of aromatic nitrogens is 4. The van der Waals surface area contributed by atoms with E-state index in [9.17, 15) is 8.42 Å². The van der Waals surface area contributed by atoms with E-state index in [2.05, 4.69) is 25.0 Å². The van der Waals surface area contributed by atoms with Gasteiger partial charge in [0.1, 0.15) is 0 Å². The van der Waals surface area contributed by atoms with E-state index in [4.69, 9.17) is 11.6 Å². The van der Waals surface area contributed by atoms with Crippen LogP contribution in [0, 0.1) is 0 Å². The second-order valence-electron chi connectivity index (χ2n) is 5.54. The topological polar surface area (TPSA) is 102 Å². The van der Waals surface area contributed by atoms with Gasteiger partial charge in [-0.1, -0.05) is 17.7 Å². The lowest BCUT2D eigenvalue weighted by molar-refractivity contribution is 0.579. The van der Waals surface area contributed by atoms with E-state index in [0.717, 1.165) is 17.6 Å². The molecule has 10 heteroatoms. The zero-order valence-electron chi connectivity index (χ0n) is 13.9. The van der Waals surface area contributed by atoms with Gasteiger partial charge in [-0.3, -0.25) is 0 Å². The summed E-state index contributed by atoms with van der Waals surface area (Å²) < 4.78 is 26.6. The lowest BCUT2D eigenvalue weighted by Gasteiger charge is -2.10. The van der Waals surface area contributed by atoms with Gasteiger partial charge in [0.25, 0.3) is 0 Å². The van der Waals surface area contributed by atoms with Gasteiger partial charge in [0, 0.05) is 30.0 Å². The Balaban J connectivity index is 1.77. The van der Waals surface area contributed by atoms with Crippen LogP contribution in [0.15, 0.2) is 49.1 Å². The van der Waals surface area contributed by atoms with E-state index in [1.165, 1.54) is 0 Å². The van der Waals surface area contributed by atoms with Gasteiger partial charge < -0.3 is 9.88 Å². The molecule has 0 spiro atoms. The van der Waals surface area contributed by atoms with Crippen molar-refractivity contribution in [1.82, 2.24) is 24.2 Å². The Bertz CT molecular complexity index is 1010. The van der Waals surface area contributed by atoms with Crippen molar-refractivity contribution in [2.24, 2.45) is 0 Å². The molecule has 0 atom stereocenters. The minimum absolute atomic E-state index is 0.265. The molecule has 8 nitrogen and oxygen atoms in total. The second kappa shape index (κ2) is 7.81. The maximum Gasteiger partial charge on any atom is 0.227 e. The smallest absolute Gasteiger partial charge is 0.227 e. The third kappa shape index (κ3) is 5.01. The number of hydrogen-bond donors (Lipinski definition) is 2. The molecular formula is C16H17ClN6O2S. The molecule has 136 valence electrons. The highest BCUT2D eigenvalue weighted by atomic mass is 35.5. The number of sulfonamides is 1. The average molecular weight is 393 g/mol. The van der Waals surface area contributed by atoms with Crippen LogP contribution in [0.2, 0.25) is 5.02 Å². The average Bonchev–Trinajstić information content (AvgIpc) is 3.02. The van der Waals surface area contributed by atoms with Crippen LogP contribution in [0.5, 0.6) is 0 Å². The lowest BCUT2D eigenvalue weighted by atomic mass is 10.3. The number of imidazole rings is 1. The molecule has 0 aliphatic carbocycles. The third-order valence-electron chi connectivity index (χ3n) is 3.43. The Kier molecular flexibility index (Phi) is 5.50. The van der Waals surface area contributed by atoms with E-state index >= 15 is 0 Å². The van der Waals surface area contributed by atoms with Crippen molar-refractivity contribution in [2.45, 2.75) is 6.54 Å². The minimum Gasteiger partial charge on any atom is -0.328 e. The Morgan fingerprint density at radius 1 is 1.27 bits per heavy atom. The minimum atomic E-state index is -3.23. The molecular weight excluding hydrogens is 376 g/mol. The van der Waals surface area contributed by atoms with Crippen molar-refractivity contribution < 1.29 is 8.42 Å². The van der Waals surface area contributed by atoms with Crippen molar-refractivity contribution in [2.75, 3.05) is 18.1 Å². The van der Waals surface area contributed by atoms with Crippen LogP contribution in [-0.2, 0) is 16.6 Å². The molecule has 3 aromatic rings. The first kappa shape index (κ1) is 18.3. The van der Waals surface area contributed by atoms with Crippen LogP contribution >= 0.6 is 11.6 Å². The van der Waals surface area contributed by atoms with Gasteiger partial charge in [0.15, 0.2) is 0 Å². The quantitative estimate of drug-likeness (QED) is 0.639. The number of nitrogens with zero attached hydrogens (tertiary/aromatic N) is 4. The summed E-state index contributed by atoms with van der Waals surface area (Å²) in [5, 5.41) is 3.72. The summed E-state index contributed by atoms with van der Waals surface area (Å²) in [6.45, 7) is 0.699. The van der Waals surface area contributed by atoms with Crippen LogP contribution in [0.3, 0.4) is 0 Å². The van der Waals surface area contributed by atoms with Gasteiger partial charge >= 0.3 is 0 Å². The van der Waals surface area contributed by atoms with E-state index in [1.807, 2.05) is 16.7 Å². The highest BCUT2D eigenvalue weighted by Gasteiger charge is 2.09. The summed E-state index contributed by atoms with van der Waals surface area (Å²) >= 11 is 5.98. The van der Waals surface area contributed by atoms with Crippen molar-refractivity contribution in [3.63, 3.8) is 0 Å². The fraction of sp³-hybridized carbons (Fsp3) is 0.188. The summed E-state index contributed by atoms with van der Waals surface area (Å²) in [4.78, 5) is 12.8. The molecule has 0 unspecified atom stereocenters. The normalized spacial score (nSPS) is 11.5. The third-order valence-corrected chi connectivity index (χ3v) is 4.39. The second-order valence-corrected chi connectivity index (χ2v) is 7.81. The van der Waals surface area contributed by atoms with Crippen LogP contribution in [0.1, 0.15) is 0 Å². The predicted molar refractivity (Wildman–Crippen MR) is 101 cm³/mol. The van der Waals surface area contributed by atoms with Gasteiger partial charge in [-0.15, -0.1) is 0 Å². The first-order chi connectivity index (χ1) is 12.4. The Morgan fingerprint density at radius 2 is 2.12 bits per heavy atom. The summed E-state index contributed by atoms with van der Waals surface area (Å²) in [5.41, 5.74) is 2.21. The fourth-order valence-electron chi connectivity index (χ4n) is 2.32. The standard InChI is InChI=1S/C16H17ClN6O2S/c1-26(24,25)20-7-8-23-11-18-10-15(23)14-5-6-19-16(22-14)21-13-4-2-3-12(17)9-13/h2-6,9-11,20H,7-8H2,1H3,(H,19,21,22). The van der Waals surface area contributed by atoms with Crippen LogP contribution in [-0.4, -0.2) is 40.7 Å². The van der Waals surface area contributed by atoms with Crippen molar-refractivity contribution in [3.8, 4) is 11.4 Å². The highest BCUT2D eigenvalue weighted by molar-refractivity contribution is 7.88. The molecule has 2 heterocycles. The van der Waals surface area contributed by atoms with Crippen molar-refractivity contribution in [3.05, 3.63) is 54.1 Å². The molecule has 3 rings (SSSR count). The van der Waals surface area contributed by atoms with Crippen molar-refractivity contribution in [1.29, 1.82) is 0 Å². The Hall–Kier alpha value is -2.49. The SMILES string of the molecule is CS(=O)(=O)NCCn1cncc1-c1ccnc(Nc2cccc(Cl)c2)n1. The highest BCUT2D eigenvalue weighted by Crippen LogP contribution is 2.21. The number of hydrogen-bond acceptors (Lipinski definition) is 6. The molecule has 26 heavy (non-hydrogen) atoms. The first-order valence-electron chi connectivity index (χ1n) is 7.71. The van der Waals surface area contributed by atoms with Gasteiger partial charge in [0.2, 0.25) is 16.0 Å². The molecule has 0 saturated carbocycles. The van der Waals surface area contributed by atoms with E-state index in [1.54, 1.807) is 36.9 Å². The van der Waals surface area contributed by atoms with E-state index < -0.39 is 10.0 Å². The van der Waals surface area contributed by atoms with E-state index in [-0.39, 0.29) is 6.54 Å². The molecule has 1 aromatic carbocycles. The Morgan fingerprint density at radius 3 is 2.88 bits per heavy atom. The van der Waals surface area contributed by atoms with Gasteiger partial charge in [-0.25, -0.2) is 28.1 Å². The van der Waals surface area contributed by atoms with Crippen LogP contribution in [0.4, 0.5) is 11.6 Å². The summed E-state index contributed by atoms with van der Waals surface area (Å²) in [6.07, 6.45) is 6.07. The predicted octanol–water partition coefficient (Wildman–Crippen LogP) is 2.29. The number of benzene rings is 1. The van der Waals surface area contributed by atoms with Gasteiger partial charge in [0.05, 0.1) is 30.2 Å². The summed E-state index contributed by atoms with van der Waals surface area (Å²) in [6, 6.07) is 9.02. The van der Waals surface area contributed by atoms with Crippen molar-refractivity contribution >= 4 is 33.3 Å². The molecule has 2 aromatic heterocycles.